The van der Waals surface area contributed by atoms with Crippen molar-refractivity contribution in [3.63, 3.8) is 0 Å². The van der Waals surface area contributed by atoms with E-state index in [4.69, 9.17) is 9.47 Å². The first-order valence-electron chi connectivity index (χ1n) is 7.08. The van der Waals surface area contributed by atoms with E-state index >= 15 is 0 Å². The summed E-state index contributed by atoms with van der Waals surface area (Å²) in [5, 5.41) is 3.05. The summed E-state index contributed by atoms with van der Waals surface area (Å²) < 4.78 is 10.6. The molecule has 114 valence electrons. The average Bonchev–Trinajstić information content (AvgIpc) is 2.56. The molecular weight excluding hydrogens is 278 g/mol. The molecule has 0 aliphatic heterocycles. The number of carbonyl (C=O) groups excluding carboxylic acids is 1. The van der Waals surface area contributed by atoms with Crippen molar-refractivity contribution in [2.24, 2.45) is 0 Å². The molecule has 0 amide bonds. The highest BCUT2D eigenvalue weighted by Crippen LogP contribution is 2.22. The number of methoxy groups -OCH3 is 1. The van der Waals surface area contributed by atoms with Gasteiger partial charge >= 0.3 is 0 Å². The zero-order valence-electron chi connectivity index (χ0n) is 12.7. The number of para-hydroxylation sites is 2. The van der Waals surface area contributed by atoms with Gasteiger partial charge in [-0.3, -0.25) is 4.79 Å². The van der Waals surface area contributed by atoms with Crippen LogP contribution in [0.25, 0.3) is 0 Å². The number of ketones is 1. The van der Waals surface area contributed by atoms with Crippen molar-refractivity contribution in [3.8, 4) is 11.5 Å². The maximum absolute atomic E-state index is 12.1. The Balaban J connectivity index is 1.99. The topological polar surface area (TPSA) is 47.6 Å². The molecule has 0 heterocycles. The van der Waals surface area contributed by atoms with Crippen molar-refractivity contribution in [1.29, 1.82) is 0 Å². The summed E-state index contributed by atoms with van der Waals surface area (Å²) in [5.41, 5.74) is 1.42. The van der Waals surface area contributed by atoms with Crippen molar-refractivity contribution >= 4 is 11.5 Å². The quantitative estimate of drug-likeness (QED) is 0.622. The first kappa shape index (κ1) is 15.6. The fraction of sp³-hybridized carbons (Fsp3) is 0.167. The van der Waals surface area contributed by atoms with Crippen LogP contribution in [0.15, 0.2) is 60.8 Å². The van der Waals surface area contributed by atoms with Crippen LogP contribution in [0.4, 0.5) is 5.69 Å². The smallest absolute Gasteiger partial charge is 0.187 e. The van der Waals surface area contributed by atoms with Gasteiger partial charge in [-0.1, -0.05) is 12.1 Å². The Morgan fingerprint density at radius 1 is 1.14 bits per heavy atom. The summed E-state index contributed by atoms with van der Waals surface area (Å²) in [5.74, 6) is 1.40. The zero-order valence-corrected chi connectivity index (χ0v) is 12.7. The van der Waals surface area contributed by atoms with Gasteiger partial charge in [0.2, 0.25) is 0 Å². The van der Waals surface area contributed by atoms with Crippen molar-refractivity contribution in [1.82, 2.24) is 0 Å². The third-order valence-corrected chi connectivity index (χ3v) is 3.03. The van der Waals surface area contributed by atoms with Crippen molar-refractivity contribution in [3.05, 3.63) is 66.4 Å². The van der Waals surface area contributed by atoms with Gasteiger partial charge in [0.25, 0.3) is 0 Å². The maximum atomic E-state index is 12.1. The van der Waals surface area contributed by atoms with Crippen LogP contribution in [0, 0.1) is 0 Å². The minimum absolute atomic E-state index is 0.0783. The number of allylic oxidation sites excluding steroid dienone is 1. The third-order valence-electron chi connectivity index (χ3n) is 3.03. The molecule has 2 rings (SSSR count). The molecule has 0 radical (unpaired) electrons. The van der Waals surface area contributed by atoms with E-state index in [1.807, 2.05) is 31.2 Å². The van der Waals surface area contributed by atoms with Crippen LogP contribution in [0.2, 0.25) is 0 Å². The number of ether oxygens (including phenoxy) is 2. The molecule has 0 spiro atoms. The number of nitrogens with one attached hydrogen (secondary N) is 1. The highest BCUT2D eigenvalue weighted by Gasteiger charge is 2.02. The van der Waals surface area contributed by atoms with Gasteiger partial charge in [0.05, 0.1) is 19.4 Å². The molecule has 0 aromatic heterocycles. The molecule has 0 fully saturated rings. The first-order chi connectivity index (χ1) is 10.7. The Morgan fingerprint density at radius 2 is 1.86 bits per heavy atom. The molecule has 0 bridgehead atoms. The summed E-state index contributed by atoms with van der Waals surface area (Å²) in [6, 6.07) is 14.6. The number of hydrogen-bond donors (Lipinski definition) is 1. The van der Waals surface area contributed by atoms with Crippen LogP contribution in [0.3, 0.4) is 0 Å². The number of carbonyl (C=O) groups is 1. The summed E-state index contributed by atoms with van der Waals surface area (Å²) in [4.78, 5) is 12.1. The molecule has 22 heavy (non-hydrogen) atoms. The molecule has 2 aromatic carbocycles. The summed E-state index contributed by atoms with van der Waals surface area (Å²) >= 11 is 0. The van der Waals surface area contributed by atoms with Crippen molar-refractivity contribution in [2.75, 3.05) is 19.0 Å². The second-order valence-electron chi connectivity index (χ2n) is 4.50. The Bertz CT molecular complexity index is 648. The summed E-state index contributed by atoms with van der Waals surface area (Å²) in [6.45, 7) is 2.53. The lowest BCUT2D eigenvalue weighted by Gasteiger charge is -2.07. The second-order valence-corrected chi connectivity index (χ2v) is 4.50. The van der Waals surface area contributed by atoms with Crippen LogP contribution in [0.5, 0.6) is 11.5 Å². The molecule has 0 unspecified atom stereocenters. The molecule has 4 nitrogen and oxygen atoms in total. The monoisotopic (exact) mass is 297 g/mol. The zero-order chi connectivity index (χ0) is 15.8. The SMILES string of the molecule is CCOc1ccc(C(=O)C=CNc2ccccc2OC)cc1. The fourth-order valence-electron chi connectivity index (χ4n) is 1.95. The summed E-state index contributed by atoms with van der Waals surface area (Å²) in [6.07, 6.45) is 3.10. The highest BCUT2D eigenvalue weighted by atomic mass is 16.5. The van der Waals surface area contributed by atoms with Gasteiger partial charge in [-0.25, -0.2) is 0 Å². The second kappa shape index (κ2) is 7.88. The lowest BCUT2D eigenvalue weighted by molar-refractivity contribution is 0.104. The predicted octanol–water partition coefficient (Wildman–Crippen LogP) is 3.90. The van der Waals surface area contributed by atoms with Crippen LogP contribution >= 0.6 is 0 Å². The van der Waals surface area contributed by atoms with Gasteiger partial charge in [-0.2, -0.15) is 0 Å². The Labute approximate surface area is 130 Å². The maximum Gasteiger partial charge on any atom is 0.187 e. The van der Waals surface area contributed by atoms with E-state index in [2.05, 4.69) is 5.32 Å². The lowest BCUT2D eigenvalue weighted by atomic mass is 10.1. The Kier molecular flexibility index (Phi) is 5.60. The van der Waals surface area contributed by atoms with Crippen LogP contribution in [0.1, 0.15) is 17.3 Å². The largest absolute Gasteiger partial charge is 0.495 e. The standard InChI is InChI=1S/C18H19NO3/c1-3-22-15-10-8-14(9-11-15)17(20)12-13-19-16-6-4-5-7-18(16)21-2/h4-13,19H,3H2,1-2H3. The van der Waals surface area contributed by atoms with Crippen LogP contribution in [-0.2, 0) is 0 Å². The van der Waals surface area contributed by atoms with Gasteiger partial charge in [-0.15, -0.1) is 0 Å². The van der Waals surface area contributed by atoms with E-state index in [1.165, 1.54) is 6.08 Å². The third kappa shape index (κ3) is 4.12. The molecule has 0 atom stereocenters. The van der Waals surface area contributed by atoms with E-state index in [1.54, 1.807) is 37.6 Å². The summed E-state index contributed by atoms with van der Waals surface area (Å²) in [7, 11) is 1.61. The van der Waals surface area contributed by atoms with Crippen LogP contribution in [-0.4, -0.2) is 19.5 Å². The molecule has 0 aliphatic rings. The minimum Gasteiger partial charge on any atom is -0.495 e. The molecule has 1 N–H and O–H groups in total. The Hall–Kier alpha value is -2.75. The molecule has 0 saturated heterocycles. The first-order valence-corrected chi connectivity index (χ1v) is 7.08. The lowest BCUT2D eigenvalue weighted by Crippen LogP contribution is -1.98. The molecule has 0 aliphatic carbocycles. The van der Waals surface area contributed by atoms with E-state index in [9.17, 15) is 4.79 Å². The number of anilines is 1. The molecular formula is C18H19NO3. The fourth-order valence-corrected chi connectivity index (χ4v) is 1.95. The van der Waals surface area contributed by atoms with E-state index in [-0.39, 0.29) is 5.78 Å². The van der Waals surface area contributed by atoms with Gasteiger partial charge < -0.3 is 14.8 Å². The average molecular weight is 297 g/mol. The van der Waals surface area contributed by atoms with Crippen molar-refractivity contribution in [2.45, 2.75) is 6.92 Å². The highest BCUT2D eigenvalue weighted by molar-refractivity contribution is 6.04. The number of hydrogen-bond acceptors (Lipinski definition) is 4. The van der Waals surface area contributed by atoms with Gasteiger partial charge in [-0.05, 0) is 43.3 Å². The Morgan fingerprint density at radius 3 is 2.55 bits per heavy atom. The minimum atomic E-state index is -0.0783. The van der Waals surface area contributed by atoms with E-state index in [0.29, 0.717) is 12.2 Å². The van der Waals surface area contributed by atoms with Gasteiger partial charge in [0.15, 0.2) is 5.78 Å². The molecule has 2 aromatic rings. The number of rotatable bonds is 7. The van der Waals surface area contributed by atoms with E-state index < -0.39 is 0 Å². The predicted molar refractivity (Wildman–Crippen MR) is 87.7 cm³/mol. The van der Waals surface area contributed by atoms with Gasteiger partial charge in [0, 0.05) is 17.8 Å². The van der Waals surface area contributed by atoms with Gasteiger partial charge in [0.1, 0.15) is 11.5 Å². The van der Waals surface area contributed by atoms with Crippen LogP contribution < -0.4 is 14.8 Å². The number of benzene rings is 2. The molecule has 0 saturated carbocycles. The molecule has 4 heteroatoms. The van der Waals surface area contributed by atoms with Crippen molar-refractivity contribution < 1.29 is 14.3 Å². The normalized spacial score (nSPS) is 10.5. The van der Waals surface area contributed by atoms with E-state index in [0.717, 1.165) is 17.2 Å².